The van der Waals surface area contributed by atoms with Crippen molar-refractivity contribution in [1.29, 1.82) is 0 Å². The number of benzene rings is 2. The van der Waals surface area contributed by atoms with E-state index in [2.05, 4.69) is 19.8 Å². The highest BCUT2D eigenvalue weighted by atomic mass is 19.3. The molecule has 1 saturated heterocycles. The zero-order valence-corrected chi connectivity index (χ0v) is 17.3. The van der Waals surface area contributed by atoms with Gasteiger partial charge in [-0.15, -0.1) is 8.78 Å². The van der Waals surface area contributed by atoms with Crippen molar-refractivity contribution in [3.8, 4) is 11.5 Å². The van der Waals surface area contributed by atoms with Gasteiger partial charge in [0.2, 0.25) is 0 Å². The van der Waals surface area contributed by atoms with E-state index in [1.165, 1.54) is 23.1 Å². The number of anilines is 2. The van der Waals surface area contributed by atoms with Gasteiger partial charge in [-0.1, -0.05) is 0 Å². The van der Waals surface area contributed by atoms with E-state index in [1.54, 1.807) is 18.2 Å². The zero-order valence-electron chi connectivity index (χ0n) is 17.3. The number of carbonyl (C=O) groups excluding carboxylic acids is 2. The largest absolute Gasteiger partial charge is 0.586 e. The number of alkyl halides is 2. The summed E-state index contributed by atoms with van der Waals surface area (Å²) in [4.78, 5) is 42.3. The summed E-state index contributed by atoms with van der Waals surface area (Å²) in [6.45, 7) is 2.75. The molecule has 2 amide bonds. The molecule has 1 aromatic heterocycles. The standard InChI is InChI=1S/C21H18F2N4O6/c1-11-10-26(6-7-27(11)13-3-5-15-17(9-13)33-21(22,23)32-15)19(29)18(28)24-12-2-4-14-16(8-12)31-20(30)25-14/h2-5,8-9,11H,6-7,10H2,1H3,(H,24,28)(H,25,30)/t11-/m1/s1. The fraction of sp³-hybridized carbons (Fsp3) is 0.286. The third-order valence-corrected chi connectivity index (χ3v) is 5.50. The van der Waals surface area contributed by atoms with Gasteiger partial charge in [-0.2, -0.15) is 0 Å². The second kappa shape index (κ2) is 7.50. The quantitative estimate of drug-likeness (QED) is 0.563. The van der Waals surface area contributed by atoms with Crippen molar-refractivity contribution in [3.63, 3.8) is 0 Å². The zero-order chi connectivity index (χ0) is 23.3. The summed E-state index contributed by atoms with van der Waals surface area (Å²) in [6.07, 6.45) is -3.69. The number of nitrogens with one attached hydrogen (secondary N) is 2. The summed E-state index contributed by atoms with van der Waals surface area (Å²) in [5.74, 6) is -2.25. The smallest absolute Gasteiger partial charge is 0.408 e. The van der Waals surface area contributed by atoms with Gasteiger partial charge in [0.1, 0.15) is 0 Å². The molecular formula is C21H18F2N4O6. The molecule has 0 aliphatic carbocycles. The molecule has 0 spiro atoms. The number of hydrogen-bond acceptors (Lipinski definition) is 7. The Morgan fingerprint density at radius 2 is 1.91 bits per heavy atom. The molecule has 3 heterocycles. The second-order valence-electron chi connectivity index (χ2n) is 7.77. The number of amides is 2. The number of hydrogen-bond donors (Lipinski definition) is 2. The predicted octanol–water partition coefficient (Wildman–Crippen LogP) is 2.12. The molecule has 0 unspecified atom stereocenters. The number of piperazine rings is 1. The molecule has 12 heteroatoms. The summed E-state index contributed by atoms with van der Waals surface area (Å²) < 4.78 is 40.4. The van der Waals surface area contributed by atoms with E-state index in [9.17, 15) is 23.2 Å². The van der Waals surface area contributed by atoms with Gasteiger partial charge in [0.05, 0.1) is 5.52 Å². The molecule has 10 nitrogen and oxygen atoms in total. The molecule has 1 fully saturated rings. The lowest BCUT2D eigenvalue weighted by Crippen LogP contribution is -2.55. The summed E-state index contributed by atoms with van der Waals surface area (Å²) in [5, 5.41) is 2.51. The van der Waals surface area contributed by atoms with E-state index >= 15 is 0 Å². The van der Waals surface area contributed by atoms with Crippen LogP contribution in [0.3, 0.4) is 0 Å². The van der Waals surface area contributed by atoms with Crippen molar-refractivity contribution in [2.45, 2.75) is 19.3 Å². The minimum atomic E-state index is -3.69. The minimum absolute atomic E-state index is 0.0426. The molecule has 5 rings (SSSR count). The molecule has 0 radical (unpaired) electrons. The molecule has 1 atom stereocenters. The van der Waals surface area contributed by atoms with Crippen molar-refractivity contribution in [1.82, 2.24) is 9.88 Å². The molecule has 0 bridgehead atoms. The lowest BCUT2D eigenvalue weighted by molar-refractivity contribution is -0.286. The number of rotatable bonds is 2. The van der Waals surface area contributed by atoms with Gasteiger partial charge in [-0.25, -0.2) is 4.79 Å². The maximum absolute atomic E-state index is 13.3. The molecule has 3 aromatic rings. The Kier molecular flexibility index (Phi) is 4.73. The SMILES string of the molecule is C[C@@H]1CN(C(=O)C(=O)Nc2ccc3[nH]c(=O)oc3c2)CCN1c1ccc2c(c1)OC(F)(F)O2. The Bertz CT molecular complexity index is 1320. The van der Waals surface area contributed by atoms with E-state index in [1.807, 2.05) is 11.8 Å². The normalized spacial score (nSPS) is 19.1. The van der Waals surface area contributed by atoms with Gasteiger partial charge in [-0.05, 0) is 31.2 Å². The first-order valence-corrected chi connectivity index (χ1v) is 10.1. The monoisotopic (exact) mass is 460 g/mol. The Balaban J connectivity index is 1.23. The van der Waals surface area contributed by atoms with Crippen molar-refractivity contribution in [2.75, 3.05) is 29.9 Å². The summed E-state index contributed by atoms with van der Waals surface area (Å²) >= 11 is 0. The number of carbonyl (C=O) groups is 2. The molecule has 2 aliphatic rings. The van der Waals surface area contributed by atoms with Gasteiger partial charge >= 0.3 is 23.9 Å². The van der Waals surface area contributed by atoms with E-state index in [-0.39, 0.29) is 36.2 Å². The minimum Gasteiger partial charge on any atom is -0.408 e. The van der Waals surface area contributed by atoms with E-state index in [0.717, 1.165) is 0 Å². The highest BCUT2D eigenvalue weighted by Gasteiger charge is 2.43. The molecule has 0 saturated carbocycles. The van der Waals surface area contributed by atoms with Gasteiger partial charge in [0.15, 0.2) is 17.1 Å². The number of aromatic nitrogens is 1. The number of H-pyrrole nitrogens is 1. The van der Waals surface area contributed by atoms with Crippen LogP contribution in [0.2, 0.25) is 0 Å². The van der Waals surface area contributed by atoms with Gasteiger partial charge in [0, 0.05) is 49.2 Å². The van der Waals surface area contributed by atoms with Crippen LogP contribution in [0.25, 0.3) is 11.1 Å². The topological polar surface area (TPSA) is 117 Å². The number of fused-ring (bicyclic) bond motifs is 2. The molecule has 2 N–H and O–H groups in total. The van der Waals surface area contributed by atoms with E-state index < -0.39 is 23.9 Å². The fourth-order valence-electron chi connectivity index (χ4n) is 3.99. The van der Waals surface area contributed by atoms with Crippen molar-refractivity contribution in [2.24, 2.45) is 0 Å². The highest BCUT2D eigenvalue weighted by Crippen LogP contribution is 2.43. The average molecular weight is 460 g/mol. The lowest BCUT2D eigenvalue weighted by atomic mass is 10.1. The summed E-state index contributed by atoms with van der Waals surface area (Å²) in [5.41, 5.74) is 1.68. The van der Waals surface area contributed by atoms with Crippen LogP contribution in [0, 0.1) is 0 Å². The van der Waals surface area contributed by atoms with Crippen LogP contribution in [0.1, 0.15) is 6.92 Å². The summed E-state index contributed by atoms with van der Waals surface area (Å²) in [7, 11) is 0. The van der Waals surface area contributed by atoms with Crippen LogP contribution >= 0.6 is 0 Å². The van der Waals surface area contributed by atoms with Crippen molar-refractivity contribution >= 4 is 34.3 Å². The lowest BCUT2D eigenvalue weighted by Gasteiger charge is -2.41. The number of halogens is 2. The number of oxazole rings is 1. The predicted molar refractivity (Wildman–Crippen MR) is 111 cm³/mol. The van der Waals surface area contributed by atoms with Gasteiger partial charge < -0.3 is 29.0 Å². The Hall–Kier alpha value is -4.09. The van der Waals surface area contributed by atoms with Crippen LogP contribution in [0.5, 0.6) is 11.5 Å². The second-order valence-corrected chi connectivity index (χ2v) is 7.77. The van der Waals surface area contributed by atoms with Crippen LogP contribution in [-0.4, -0.2) is 53.7 Å². The molecule has 2 aromatic carbocycles. The number of ether oxygens (including phenoxy) is 2. The number of aromatic amines is 1. The van der Waals surface area contributed by atoms with E-state index in [0.29, 0.717) is 23.4 Å². The molecule has 33 heavy (non-hydrogen) atoms. The first kappa shape index (κ1) is 20.8. The highest BCUT2D eigenvalue weighted by molar-refractivity contribution is 6.39. The van der Waals surface area contributed by atoms with Crippen molar-refractivity contribution < 1.29 is 32.3 Å². The van der Waals surface area contributed by atoms with Crippen molar-refractivity contribution in [3.05, 3.63) is 46.9 Å². The third kappa shape index (κ3) is 3.95. The van der Waals surface area contributed by atoms with E-state index in [4.69, 9.17) is 4.42 Å². The van der Waals surface area contributed by atoms with Crippen LogP contribution in [0.4, 0.5) is 20.2 Å². The maximum Gasteiger partial charge on any atom is 0.586 e. The third-order valence-electron chi connectivity index (χ3n) is 5.50. The molecular weight excluding hydrogens is 442 g/mol. The fourth-order valence-corrected chi connectivity index (χ4v) is 3.99. The summed E-state index contributed by atoms with van der Waals surface area (Å²) in [6, 6.07) is 8.87. The first-order valence-electron chi connectivity index (χ1n) is 10.1. The average Bonchev–Trinajstić information content (AvgIpc) is 3.28. The number of nitrogens with zero attached hydrogens (tertiary/aromatic N) is 2. The van der Waals surface area contributed by atoms with Crippen LogP contribution < -0.4 is 25.4 Å². The Morgan fingerprint density at radius 3 is 2.70 bits per heavy atom. The van der Waals surface area contributed by atoms with Crippen LogP contribution in [0.15, 0.2) is 45.6 Å². The Labute approximate surface area is 184 Å². The Morgan fingerprint density at radius 1 is 1.12 bits per heavy atom. The molecule has 2 aliphatic heterocycles. The van der Waals surface area contributed by atoms with Crippen LogP contribution in [-0.2, 0) is 9.59 Å². The molecule has 172 valence electrons. The van der Waals surface area contributed by atoms with Gasteiger partial charge in [-0.3, -0.25) is 14.6 Å². The first-order chi connectivity index (χ1) is 15.7. The maximum atomic E-state index is 13.3. The van der Waals surface area contributed by atoms with Gasteiger partial charge in [0.25, 0.3) is 0 Å².